The molecule has 0 aromatic heterocycles. The van der Waals surface area contributed by atoms with Crippen LogP contribution in [0.15, 0.2) is 60.7 Å². The zero-order chi connectivity index (χ0) is 30.2. The maximum absolute atomic E-state index is 13.5. The summed E-state index contributed by atoms with van der Waals surface area (Å²) in [5.41, 5.74) is 1.91. The first kappa shape index (κ1) is 33.5. The Bertz CT molecular complexity index is 1090. The summed E-state index contributed by atoms with van der Waals surface area (Å²) < 4.78 is 4.94. The fraction of sp³-hybridized carbons (Fsp3) is 0.500. The molecule has 0 aliphatic rings. The molecule has 3 N–H and O–H groups in total. The molecule has 0 saturated heterocycles. The lowest BCUT2D eigenvalue weighted by Gasteiger charge is -2.26. The Morgan fingerprint density at radius 1 is 0.780 bits per heavy atom. The second-order valence-corrected chi connectivity index (χ2v) is 11.0. The highest BCUT2D eigenvalue weighted by atomic mass is 16.5. The molecule has 224 valence electrons. The van der Waals surface area contributed by atoms with E-state index in [0.29, 0.717) is 32.1 Å². The number of nitrogens with one attached hydrogen (secondary N) is 3. The van der Waals surface area contributed by atoms with Crippen molar-refractivity contribution >= 4 is 23.7 Å². The van der Waals surface area contributed by atoms with Crippen molar-refractivity contribution in [1.29, 1.82) is 0 Å². The zero-order valence-electron chi connectivity index (χ0n) is 25.0. The highest BCUT2D eigenvalue weighted by molar-refractivity contribution is 5.93. The summed E-state index contributed by atoms with van der Waals surface area (Å²) in [5, 5.41) is 8.53. The minimum absolute atomic E-state index is 0.0835. The monoisotopic (exact) mass is 566 g/mol. The normalized spacial score (nSPS) is 13.2. The fourth-order valence-electron chi connectivity index (χ4n) is 4.48. The molecule has 3 amide bonds. The van der Waals surface area contributed by atoms with E-state index in [9.17, 15) is 19.2 Å². The van der Waals surface area contributed by atoms with E-state index in [1.807, 2.05) is 93.5 Å². The summed E-state index contributed by atoms with van der Waals surface area (Å²) in [6.07, 6.45) is 2.54. The molecule has 0 radical (unpaired) electrons. The zero-order valence-corrected chi connectivity index (χ0v) is 25.0. The van der Waals surface area contributed by atoms with Gasteiger partial charge in [-0.15, -0.1) is 0 Å². The maximum Gasteiger partial charge on any atom is 0.328 e. The van der Waals surface area contributed by atoms with Gasteiger partial charge in [0, 0.05) is 12.8 Å². The Balaban J connectivity index is 2.16. The molecule has 0 unspecified atom stereocenters. The van der Waals surface area contributed by atoms with Crippen LogP contribution in [-0.4, -0.2) is 74.5 Å². The Morgan fingerprint density at radius 3 is 1.90 bits per heavy atom. The van der Waals surface area contributed by atoms with E-state index in [1.54, 1.807) is 0 Å². The Labute approximate surface area is 244 Å². The first-order valence-electron chi connectivity index (χ1n) is 14.3. The van der Waals surface area contributed by atoms with Gasteiger partial charge in [-0.1, -0.05) is 74.5 Å². The smallest absolute Gasteiger partial charge is 0.328 e. The van der Waals surface area contributed by atoms with E-state index in [4.69, 9.17) is 4.74 Å². The van der Waals surface area contributed by atoms with E-state index in [0.717, 1.165) is 17.7 Å². The van der Waals surface area contributed by atoms with Crippen molar-refractivity contribution < 1.29 is 23.9 Å². The Morgan fingerprint density at radius 2 is 1.34 bits per heavy atom. The molecule has 0 spiro atoms. The van der Waals surface area contributed by atoms with Gasteiger partial charge in [0.05, 0.1) is 7.11 Å². The predicted molar refractivity (Wildman–Crippen MR) is 160 cm³/mol. The first-order chi connectivity index (χ1) is 19.6. The largest absolute Gasteiger partial charge is 0.467 e. The fourth-order valence-corrected chi connectivity index (χ4v) is 4.48. The molecule has 9 nitrogen and oxygen atoms in total. The minimum atomic E-state index is -0.910. The van der Waals surface area contributed by atoms with Crippen molar-refractivity contribution in [3.8, 4) is 0 Å². The summed E-state index contributed by atoms with van der Waals surface area (Å²) in [6, 6.07) is 16.4. The van der Waals surface area contributed by atoms with Gasteiger partial charge in [-0.25, -0.2) is 4.79 Å². The summed E-state index contributed by atoms with van der Waals surface area (Å²) in [6.45, 7) is 4.66. The molecule has 0 aliphatic carbocycles. The molecule has 2 rings (SSSR count). The van der Waals surface area contributed by atoms with Crippen LogP contribution < -0.4 is 16.0 Å². The molecule has 3 atom stereocenters. The van der Waals surface area contributed by atoms with Crippen molar-refractivity contribution in [2.75, 3.05) is 27.7 Å². The van der Waals surface area contributed by atoms with E-state index in [1.165, 1.54) is 7.11 Å². The van der Waals surface area contributed by atoms with Crippen molar-refractivity contribution in [2.24, 2.45) is 5.92 Å². The van der Waals surface area contributed by atoms with Crippen LogP contribution in [0.25, 0.3) is 0 Å². The Kier molecular flexibility index (Phi) is 14.6. The topological polar surface area (TPSA) is 117 Å². The number of rotatable bonds is 17. The van der Waals surface area contributed by atoms with E-state index >= 15 is 0 Å². The van der Waals surface area contributed by atoms with Gasteiger partial charge in [0.2, 0.25) is 17.7 Å². The highest BCUT2D eigenvalue weighted by Crippen LogP contribution is 2.11. The van der Waals surface area contributed by atoms with Gasteiger partial charge in [-0.3, -0.25) is 14.4 Å². The van der Waals surface area contributed by atoms with Crippen molar-refractivity contribution in [3.05, 3.63) is 71.8 Å². The van der Waals surface area contributed by atoms with Crippen molar-refractivity contribution in [1.82, 2.24) is 20.9 Å². The molecular formula is C32H46N4O5. The number of methoxy groups -OCH3 is 1. The van der Waals surface area contributed by atoms with Crippen LogP contribution in [0, 0.1) is 5.92 Å². The van der Waals surface area contributed by atoms with Crippen LogP contribution in [0.1, 0.15) is 50.7 Å². The third kappa shape index (κ3) is 13.0. The lowest BCUT2D eigenvalue weighted by Crippen LogP contribution is -2.56. The second kappa shape index (κ2) is 17.9. The summed E-state index contributed by atoms with van der Waals surface area (Å²) in [4.78, 5) is 54.2. The third-order valence-corrected chi connectivity index (χ3v) is 6.65. The lowest BCUT2D eigenvalue weighted by atomic mass is 10.00. The molecule has 0 bridgehead atoms. The number of hydrogen-bond acceptors (Lipinski definition) is 6. The number of carbonyl (C=O) groups excluding carboxylic acids is 4. The average Bonchev–Trinajstić information content (AvgIpc) is 2.94. The number of hydrogen-bond donors (Lipinski definition) is 3. The average molecular weight is 567 g/mol. The number of esters is 1. The van der Waals surface area contributed by atoms with Gasteiger partial charge in [-0.2, -0.15) is 0 Å². The van der Waals surface area contributed by atoms with Crippen molar-refractivity contribution in [3.63, 3.8) is 0 Å². The van der Waals surface area contributed by atoms with Crippen LogP contribution in [0.3, 0.4) is 0 Å². The quantitative estimate of drug-likeness (QED) is 0.254. The number of amides is 3. The SMILES string of the molecule is COC(=O)[C@H](Cc1ccccc1)NC(=O)[C@H](CC(C)C)NC(=O)[C@H](CCc1ccccc1)NC(=O)CCCN(C)C. The second-order valence-electron chi connectivity index (χ2n) is 11.0. The van der Waals surface area contributed by atoms with Crippen LogP contribution >= 0.6 is 0 Å². The van der Waals surface area contributed by atoms with E-state index in [-0.39, 0.29) is 18.2 Å². The van der Waals surface area contributed by atoms with Crippen molar-refractivity contribution in [2.45, 2.75) is 70.5 Å². The molecule has 2 aromatic rings. The van der Waals surface area contributed by atoms with Gasteiger partial charge < -0.3 is 25.6 Å². The summed E-state index contributed by atoms with van der Waals surface area (Å²) in [7, 11) is 5.16. The first-order valence-corrected chi connectivity index (χ1v) is 14.3. The van der Waals surface area contributed by atoms with Crippen LogP contribution in [0.5, 0.6) is 0 Å². The summed E-state index contributed by atoms with van der Waals surface area (Å²) >= 11 is 0. The van der Waals surface area contributed by atoms with Gasteiger partial charge in [0.15, 0.2) is 0 Å². The standard InChI is InChI=1S/C32H46N4O5/c1-23(2)21-27(31(39)35-28(32(40)41-5)22-25-15-10-7-11-16-25)34-30(38)26(19-18-24-13-8-6-9-14-24)33-29(37)17-12-20-36(3)4/h6-11,13-16,23,26-28H,12,17-22H2,1-5H3,(H,33,37)(H,34,38)(H,35,39)/t26-,27-,28-/m0/s1. The molecule has 2 aromatic carbocycles. The van der Waals surface area contributed by atoms with Crippen LogP contribution in [0.2, 0.25) is 0 Å². The summed E-state index contributed by atoms with van der Waals surface area (Å²) in [5.74, 6) is -1.60. The number of aryl methyl sites for hydroxylation is 1. The molecule has 0 saturated carbocycles. The predicted octanol–water partition coefficient (Wildman–Crippen LogP) is 2.88. The molecule has 41 heavy (non-hydrogen) atoms. The van der Waals surface area contributed by atoms with Crippen LogP contribution in [-0.2, 0) is 36.8 Å². The molecule has 0 heterocycles. The highest BCUT2D eigenvalue weighted by Gasteiger charge is 2.30. The lowest BCUT2D eigenvalue weighted by molar-refractivity contribution is -0.145. The van der Waals surface area contributed by atoms with Gasteiger partial charge in [0.25, 0.3) is 0 Å². The van der Waals surface area contributed by atoms with E-state index in [2.05, 4.69) is 16.0 Å². The van der Waals surface area contributed by atoms with Gasteiger partial charge in [-0.05, 0) is 63.4 Å². The maximum atomic E-state index is 13.5. The molecular weight excluding hydrogens is 520 g/mol. The van der Waals surface area contributed by atoms with Crippen LogP contribution in [0.4, 0.5) is 0 Å². The molecule has 0 fully saturated rings. The minimum Gasteiger partial charge on any atom is -0.467 e. The van der Waals surface area contributed by atoms with E-state index < -0.39 is 35.9 Å². The Hall–Kier alpha value is -3.72. The number of ether oxygens (including phenoxy) is 1. The number of benzene rings is 2. The van der Waals surface area contributed by atoms with Gasteiger partial charge in [0.1, 0.15) is 18.1 Å². The number of carbonyl (C=O) groups is 4. The number of nitrogens with zero attached hydrogens (tertiary/aromatic N) is 1. The molecule has 0 aliphatic heterocycles. The molecule has 9 heteroatoms. The van der Waals surface area contributed by atoms with Gasteiger partial charge >= 0.3 is 5.97 Å². The third-order valence-electron chi connectivity index (χ3n) is 6.65.